The molecule has 1 unspecified atom stereocenters. The number of rotatable bonds is 6. The average molecular weight is 414 g/mol. The van der Waals surface area contributed by atoms with Crippen molar-refractivity contribution in [2.75, 3.05) is 45.2 Å². The number of ether oxygens (including phenoxy) is 1. The number of hydrogen-bond acceptors (Lipinski definition) is 4. The van der Waals surface area contributed by atoms with Crippen molar-refractivity contribution in [3.63, 3.8) is 0 Å². The lowest BCUT2D eigenvalue weighted by atomic mass is 10.0. The summed E-state index contributed by atoms with van der Waals surface area (Å²) in [5.41, 5.74) is 4.47. The number of likely N-dealkylation sites (N-methyl/N-ethyl adjacent to an activating group) is 1. The van der Waals surface area contributed by atoms with Gasteiger partial charge in [0, 0.05) is 30.8 Å². The summed E-state index contributed by atoms with van der Waals surface area (Å²) in [6.07, 6.45) is 3.50. The van der Waals surface area contributed by atoms with Crippen LogP contribution in [0.2, 0.25) is 5.02 Å². The number of carbonyl (C=O) groups excluding carboxylic acids is 1. The number of nitrogens with one attached hydrogen (secondary N) is 1. The first-order chi connectivity index (χ1) is 14.1. The molecule has 1 N–H and O–H groups in total. The van der Waals surface area contributed by atoms with E-state index in [1.165, 1.54) is 29.7 Å². The van der Waals surface area contributed by atoms with Crippen molar-refractivity contribution in [2.45, 2.75) is 25.3 Å². The molecule has 0 aliphatic carbocycles. The van der Waals surface area contributed by atoms with E-state index in [1.807, 2.05) is 0 Å². The van der Waals surface area contributed by atoms with Crippen molar-refractivity contribution < 1.29 is 9.53 Å². The third-order valence-corrected chi connectivity index (χ3v) is 6.29. The molecule has 2 aliphatic heterocycles. The van der Waals surface area contributed by atoms with Gasteiger partial charge in [-0.2, -0.15) is 0 Å². The molecule has 0 spiro atoms. The molecule has 2 aliphatic rings. The van der Waals surface area contributed by atoms with Crippen LogP contribution < -0.4 is 15.0 Å². The van der Waals surface area contributed by atoms with Crippen LogP contribution in [0, 0.1) is 0 Å². The van der Waals surface area contributed by atoms with Crippen LogP contribution in [-0.2, 0) is 6.42 Å². The van der Waals surface area contributed by atoms with Crippen LogP contribution in [0.15, 0.2) is 36.4 Å². The molecule has 5 nitrogen and oxygen atoms in total. The van der Waals surface area contributed by atoms with Crippen molar-refractivity contribution in [1.82, 2.24) is 10.2 Å². The summed E-state index contributed by atoms with van der Waals surface area (Å²) in [6.45, 7) is 3.76. The first-order valence-electron chi connectivity index (χ1n) is 10.3. The second-order valence-corrected chi connectivity index (χ2v) is 8.31. The predicted molar refractivity (Wildman–Crippen MR) is 117 cm³/mol. The molecule has 6 heteroatoms. The molecule has 2 aromatic carbocycles. The number of anilines is 1. The average Bonchev–Trinajstić information content (AvgIpc) is 3.38. The third kappa shape index (κ3) is 4.21. The molecule has 1 saturated heterocycles. The molecule has 154 valence electrons. The van der Waals surface area contributed by atoms with E-state index in [-0.39, 0.29) is 11.9 Å². The number of carbonyl (C=O) groups is 1. The maximum Gasteiger partial charge on any atom is 0.255 e. The molecular formula is C23H28ClN3O2. The van der Waals surface area contributed by atoms with Crippen molar-refractivity contribution in [2.24, 2.45) is 0 Å². The molecule has 0 bridgehead atoms. The van der Waals surface area contributed by atoms with Gasteiger partial charge in [-0.15, -0.1) is 0 Å². The van der Waals surface area contributed by atoms with Crippen molar-refractivity contribution >= 4 is 23.2 Å². The fraction of sp³-hybridized carbons (Fsp3) is 0.435. The zero-order valence-electron chi connectivity index (χ0n) is 17.1. The van der Waals surface area contributed by atoms with Gasteiger partial charge in [0.1, 0.15) is 5.75 Å². The second-order valence-electron chi connectivity index (χ2n) is 7.87. The molecule has 1 atom stereocenters. The number of methoxy groups -OCH3 is 1. The van der Waals surface area contributed by atoms with E-state index in [0.29, 0.717) is 22.9 Å². The topological polar surface area (TPSA) is 44.8 Å². The van der Waals surface area contributed by atoms with Gasteiger partial charge in [0.2, 0.25) is 0 Å². The number of nitrogens with zero attached hydrogens (tertiary/aromatic N) is 2. The summed E-state index contributed by atoms with van der Waals surface area (Å²) in [5, 5.41) is 3.65. The minimum absolute atomic E-state index is 0.158. The number of fused-ring (bicyclic) bond motifs is 1. The normalized spacial score (nSPS) is 17.3. The lowest BCUT2D eigenvalue weighted by Gasteiger charge is -2.29. The number of halogens is 1. The standard InChI is InChI=1S/C23H28ClN3O2/c1-26-12-9-17-13-16(5-7-20(17)26)21(27-10-3-4-11-27)15-25-23(28)19-14-18(24)6-8-22(19)29-2/h5-8,13-14,21H,3-4,9-12,15H2,1-2H3,(H,25,28). The van der Waals surface area contributed by atoms with Crippen LogP contribution in [0.1, 0.15) is 40.4 Å². The highest BCUT2D eigenvalue weighted by molar-refractivity contribution is 6.31. The van der Waals surface area contributed by atoms with Gasteiger partial charge in [0.05, 0.1) is 18.7 Å². The highest BCUT2D eigenvalue weighted by Crippen LogP contribution is 2.32. The van der Waals surface area contributed by atoms with Crippen molar-refractivity contribution in [3.8, 4) is 5.75 Å². The Bertz CT molecular complexity index is 896. The fourth-order valence-electron chi connectivity index (χ4n) is 4.45. The first-order valence-corrected chi connectivity index (χ1v) is 10.6. The van der Waals surface area contributed by atoms with Gasteiger partial charge in [0.25, 0.3) is 5.91 Å². The Hall–Kier alpha value is -2.24. The maximum absolute atomic E-state index is 12.9. The van der Waals surface area contributed by atoms with Crippen LogP contribution in [0.4, 0.5) is 5.69 Å². The van der Waals surface area contributed by atoms with Crippen LogP contribution in [-0.4, -0.2) is 51.1 Å². The zero-order valence-corrected chi connectivity index (χ0v) is 17.8. The monoisotopic (exact) mass is 413 g/mol. The molecule has 1 amide bonds. The smallest absolute Gasteiger partial charge is 0.255 e. The molecule has 0 radical (unpaired) electrons. The second kappa shape index (κ2) is 8.64. The van der Waals surface area contributed by atoms with Crippen LogP contribution >= 0.6 is 11.6 Å². The van der Waals surface area contributed by atoms with Gasteiger partial charge < -0.3 is 15.0 Å². The summed E-state index contributed by atoms with van der Waals surface area (Å²) in [4.78, 5) is 17.7. The molecule has 29 heavy (non-hydrogen) atoms. The molecule has 1 fully saturated rings. The third-order valence-electron chi connectivity index (χ3n) is 6.06. The summed E-state index contributed by atoms with van der Waals surface area (Å²) in [5.74, 6) is 0.375. The number of likely N-dealkylation sites (tertiary alicyclic amines) is 1. The first kappa shape index (κ1) is 20.0. The SMILES string of the molecule is COc1ccc(Cl)cc1C(=O)NCC(c1ccc2c(c1)CCN2C)N1CCCC1. The molecule has 0 aromatic heterocycles. The van der Waals surface area contributed by atoms with E-state index in [9.17, 15) is 4.79 Å². The van der Waals surface area contributed by atoms with Gasteiger partial charge in [-0.25, -0.2) is 0 Å². The van der Waals surface area contributed by atoms with Crippen LogP contribution in [0.5, 0.6) is 5.75 Å². The number of amides is 1. The van der Waals surface area contributed by atoms with Crippen LogP contribution in [0.25, 0.3) is 0 Å². The number of hydrogen-bond donors (Lipinski definition) is 1. The Labute approximate surface area is 177 Å². The van der Waals surface area contributed by atoms with Crippen molar-refractivity contribution in [1.29, 1.82) is 0 Å². The Morgan fingerprint density at radius 1 is 1.17 bits per heavy atom. The minimum Gasteiger partial charge on any atom is -0.496 e. The van der Waals surface area contributed by atoms with Crippen LogP contribution in [0.3, 0.4) is 0 Å². The highest BCUT2D eigenvalue weighted by atomic mass is 35.5. The highest BCUT2D eigenvalue weighted by Gasteiger charge is 2.26. The summed E-state index contributed by atoms with van der Waals surface area (Å²) < 4.78 is 5.34. The molecule has 0 saturated carbocycles. The van der Waals surface area contributed by atoms with E-state index < -0.39 is 0 Å². The molecule has 2 aromatic rings. The number of benzene rings is 2. The molecule has 4 rings (SSSR count). The van der Waals surface area contributed by atoms with Gasteiger partial charge in [-0.05, 0) is 67.7 Å². The van der Waals surface area contributed by atoms with E-state index >= 15 is 0 Å². The minimum atomic E-state index is -0.158. The van der Waals surface area contributed by atoms with Gasteiger partial charge in [0.15, 0.2) is 0 Å². The Morgan fingerprint density at radius 3 is 2.72 bits per heavy atom. The van der Waals surface area contributed by atoms with Gasteiger partial charge in [-0.1, -0.05) is 23.7 Å². The largest absolute Gasteiger partial charge is 0.496 e. The van der Waals surface area contributed by atoms with E-state index in [2.05, 4.69) is 40.4 Å². The maximum atomic E-state index is 12.9. The van der Waals surface area contributed by atoms with Gasteiger partial charge >= 0.3 is 0 Å². The Morgan fingerprint density at radius 2 is 1.97 bits per heavy atom. The zero-order chi connectivity index (χ0) is 20.4. The van der Waals surface area contributed by atoms with E-state index in [1.54, 1.807) is 25.3 Å². The quantitative estimate of drug-likeness (QED) is 0.779. The molecule has 2 heterocycles. The summed E-state index contributed by atoms with van der Waals surface area (Å²) in [6, 6.07) is 12.1. The van der Waals surface area contributed by atoms with E-state index in [4.69, 9.17) is 16.3 Å². The predicted octanol–water partition coefficient (Wildman–Crippen LogP) is 3.91. The molecular weight excluding hydrogens is 386 g/mol. The Kier molecular flexibility index (Phi) is 5.97. The van der Waals surface area contributed by atoms with E-state index in [0.717, 1.165) is 26.1 Å². The lowest BCUT2D eigenvalue weighted by Crippen LogP contribution is -2.37. The Balaban J connectivity index is 1.54. The lowest BCUT2D eigenvalue weighted by molar-refractivity contribution is 0.0935. The fourth-order valence-corrected chi connectivity index (χ4v) is 4.62. The summed E-state index contributed by atoms with van der Waals surface area (Å²) in [7, 11) is 3.71. The van der Waals surface area contributed by atoms with Gasteiger partial charge in [-0.3, -0.25) is 9.69 Å². The van der Waals surface area contributed by atoms with Crippen molar-refractivity contribution in [3.05, 3.63) is 58.1 Å². The summed E-state index contributed by atoms with van der Waals surface area (Å²) >= 11 is 6.10.